The molecule has 0 spiro atoms. The van der Waals surface area contributed by atoms with Crippen molar-refractivity contribution < 1.29 is 68.6 Å². The van der Waals surface area contributed by atoms with Crippen LogP contribution in [-0.4, -0.2) is 82.9 Å². The SMILES string of the molecule is C=CCO[C@H]1[C@@H](OCc2ccccc2)[C@@H](OP(=O)(OCCC#N)OCCC#N)[C@H](OCc2ccccc2)[C@@H](OP(=O)(OCCC#N)OCCC#N)[C@@H]1OP(=O)(OCCC#N)OCCC#N. The number of nitriles is 6. The molecule has 3 rings (SSSR count). The van der Waals surface area contributed by atoms with Crippen LogP contribution in [0.4, 0.5) is 0 Å². The number of ether oxygens (including phenoxy) is 3. The molecule has 21 nitrogen and oxygen atoms in total. The summed E-state index contributed by atoms with van der Waals surface area (Å²) in [6.07, 6.45) is -11.0. The second kappa shape index (κ2) is 30.5. The molecule has 24 heteroatoms. The summed E-state index contributed by atoms with van der Waals surface area (Å²) in [5.74, 6) is 0. The minimum atomic E-state index is -4.99. The van der Waals surface area contributed by atoms with Gasteiger partial charge in [-0.15, -0.1) is 6.58 Å². The van der Waals surface area contributed by atoms with Crippen LogP contribution in [0, 0.1) is 68.0 Å². The van der Waals surface area contributed by atoms with Crippen molar-refractivity contribution in [3.8, 4) is 36.4 Å². The summed E-state index contributed by atoms with van der Waals surface area (Å²) in [5.41, 5.74) is 1.16. The predicted octanol–water partition coefficient (Wildman–Crippen LogP) is 7.80. The number of benzene rings is 2. The highest BCUT2D eigenvalue weighted by Crippen LogP contribution is 2.59. The van der Waals surface area contributed by atoms with Crippen LogP contribution in [0.3, 0.4) is 0 Å². The number of hydrogen-bond donors (Lipinski definition) is 0. The molecule has 2 aromatic rings. The first-order valence-corrected chi connectivity index (χ1v) is 24.4. The lowest BCUT2D eigenvalue weighted by atomic mass is 9.84. The van der Waals surface area contributed by atoms with E-state index in [2.05, 4.69) is 6.58 Å². The summed E-state index contributed by atoms with van der Waals surface area (Å²) < 4.78 is 116. The lowest BCUT2D eigenvalue weighted by molar-refractivity contribution is -0.250. The molecule has 0 aliphatic heterocycles. The van der Waals surface area contributed by atoms with Crippen molar-refractivity contribution in [1.82, 2.24) is 0 Å². The van der Waals surface area contributed by atoms with E-state index in [1.807, 2.05) is 36.4 Å². The zero-order chi connectivity index (χ0) is 47.2. The Labute approximate surface area is 378 Å². The third kappa shape index (κ3) is 19.4. The van der Waals surface area contributed by atoms with Crippen LogP contribution in [0.5, 0.6) is 0 Å². The molecule has 1 fully saturated rings. The van der Waals surface area contributed by atoms with E-state index in [1.54, 1.807) is 60.7 Å². The highest BCUT2D eigenvalue weighted by Gasteiger charge is 2.60. The normalized spacial score (nSPS) is 19.7. The van der Waals surface area contributed by atoms with Crippen LogP contribution in [0.2, 0.25) is 0 Å². The van der Waals surface area contributed by atoms with Gasteiger partial charge in [0, 0.05) is 0 Å². The molecule has 0 N–H and O–H groups in total. The zero-order valence-electron chi connectivity index (χ0n) is 35.3. The molecular weight excluding hydrogens is 909 g/mol. The number of phosphoric ester groups is 3. The van der Waals surface area contributed by atoms with Gasteiger partial charge in [-0.3, -0.25) is 40.7 Å². The molecule has 1 aliphatic carbocycles. The lowest BCUT2D eigenvalue weighted by Gasteiger charge is -2.50. The Morgan fingerprint density at radius 2 is 0.692 bits per heavy atom. The van der Waals surface area contributed by atoms with Gasteiger partial charge in [0.25, 0.3) is 0 Å². The second-order valence-corrected chi connectivity index (χ2v) is 18.0. The maximum atomic E-state index is 14.7. The number of hydrogen-bond acceptors (Lipinski definition) is 21. The molecule has 2 aromatic carbocycles. The quantitative estimate of drug-likeness (QED) is 0.0374. The maximum Gasteiger partial charge on any atom is 0.475 e. The van der Waals surface area contributed by atoms with Crippen molar-refractivity contribution in [3.05, 3.63) is 84.4 Å². The predicted molar refractivity (Wildman–Crippen MR) is 225 cm³/mol. The van der Waals surface area contributed by atoms with Crippen molar-refractivity contribution >= 4 is 23.5 Å². The number of phosphoric acid groups is 3. The smallest absolute Gasteiger partial charge is 0.369 e. The topological polar surface area (TPSA) is 305 Å². The summed E-state index contributed by atoms with van der Waals surface area (Å²) in [6, 6.07) is 28.4. The Kier molecular flexibility index (Phi) is 25.7. The van der Waals surface area contributed by atoms with Gasteiger partial charge in [0.15, 0.2) is 0 Å². The van der Waals surface area contributed by atoms with Gasteiger partial charge in [-0.05, 0) is 11.1 Å². The first kappa shape index (κ1) is 54.7. The standard InChI is InChI=1S/C41H49N6O15P3/c1-2-25-51-36-37(52-32-34-15-5-3-6-16-34)39(60-63(48,54-26-9-19-42)55-27-10-20-43)38(53-33-35-17-7-4-8-18-35)41(62-65(50,58-30-13-23-46)59-31-14-24-47)40(36)61-64(49,56-28-11-21-44)57-29-12-22-45/h2-8,15-18,36-41H,1,9-14,25-33H2/t36-,37+,38-,39+,40+,41+/m0/s1. The van der Waals surface area contributed by atoms with E-state index >= 15 is 0 Å². The van der Waals surface area contributed by atoms with E-state index in [4.69, 9.17) is 54.9 Å². The highest BCUT2D eigenvalue weighted by molar-refractivity contribution is 7.49. The first-order chi connectivity index (χ1) is 31.5. The van der Waals surface area contributed by atoms with Gasteiger partial charge in [-0.25, -0.2) is 13.7 Å². The van der Waals surface area contributed by atoms with E-state index in [-0.39, 0.29) is 58.3 Å². The van der Waals surface area contributed by atoms with Gasteiger partial charge in [0.05, 0.1) is 134 Å². The Morgan fingerprint density at radius 3 is 0.969 bits per heavy atom. The molecule has 348 valence electrons. The summed E-state index contributed by atoms with van der Waals surface area (Å²) in [7, 11) is -14.8. The molecule has 1 aliphatic rings. The molecule has 0 saturated heterocycles. The third-order valence-electron chi connectivity index (χ3n) is 8.45. The molecule has 1 saturated carbocycles. The monoisotopic (exact) mass is 958 g/mol. The van der Waals surface area contributed by atoms with E-state index in [0.29, 0.717) is 11.1 Å². The summed E-state index contributed by atoms with van der Waals surface area (Å²) in [5, 5.41) is 55.9. The van der Waals surface area contributed by atoms with Crippen LogP contribution >= 0.6 is 23.5 Å². The largest absolute Gasteiger partial charge is 0.475 e. The van der Waals surface area contributed by atoms with Crippen LogP contribution in [0.1, 0.15) is 49.7 Å². The molecule has 6 atom stereocenters. The van der Waals surface area contributed by atoms with Gasteiger partial charge < -0.3 is 14.2 Å². The Hall–Kier alpha value is -4.67. The molecule has 0 unspecified atom stereocenters. The maximum absolute atomic E-state index is 14.7. The van der Waals surface area contributed by atoms with Gasteiger partial charge in [-0.2, -0.15) is 31.6 Å². The Bertz CT molecular complexity index is 2080. The van der Waals surface area contributed by atoms with E-state index in [0.717, 1.165) is 0 Å². The van der Waals surface area contributed by atoms with Gasteiger partial charge in [-0.1, -0.05) is 66.7 Å². The molecule has 0 amide bonds. The third-order valence-corrected chi connectivity index (χ3v) is 12.9. The van der Waals surface area contributed by atoms with Gasteiger partial charge in [0.2, 0.25) is 0 Å². The zero-order valence-corrected chi connectivity index (χ0v) is 38.0. The van der Waals surface area contributed by atoms with Crippen LogP contribution in [0.25, 0.3) is 0 Å². The minimum Gasteiger partial charge on any atom is -0.369 e. The summed E-state index contributed by atoms with van der Waals surface area (Å²) >= 11 is 0. The van der Waals surface area contributed by atoms with Crippen molar-refractivity contribution in [2.24, 2.45) is 0 Å². The molecular formula is C41H49N6O15P3. The Balaban J connectivity index is 2.45. The lowest BCUT2D eigenvalue weighted by Crippen LogP contribution is -2.67. The molecule has 0 radical (unpaired) electrons. The summed E-state index contributed by atoms with van der Waals surface area (Å²) in [6.45, 7) is -0.0549. The van der Waals surface area contributed by atoms with Crippen LogP contribution in [-0.2, 0) is 81.8 Å². The average molecular weight is 959 g/mol. The van der Waals surface area contributed by atoms with E-state index in [1.165, 1.54) is 6.08 Å². The fourth-order valence-corrected chi connectivity index (χ4v) is 9.82. The molecule has 0 bridgehead atoms. The van der Waals surface area contributed by atoms with Gasteiger partial charge >= 0.3 is 23.5 Å². The number of nitrogens with zero attached hydrogens (tertiary/aromatic N) is 6. The van der Waals surface area contributed by atoms with Crippen molar-refractivity contribution in [3.63, 3.8) is 0 Å². The molecule has 0 heterocycles. The first-order valence-electron chi connectivity index (χ1n) is 20.0. The van der Waals surface area contributed by atoms with Crippen molar-refractivity contribution in [2.45, 2.75) is 88.4 Å². The van der Waals surface area contributed by atoms with Crippen LogP contribution < -0.4 is 0 Å². The highest BCUT2D eigenvalue weighted by atomic mass is 31.2. The van der Waals surface area contributed by atoms with Gasteiger partial charge in [0.1, 0.15) is 36.6 Å². The van der Waals surface area contributed by atoms with E-state index in [9.17, 15) is 45.3 Å². The van der Waals surface area contributed by atoms with Crippen molar-refractivity contribution in [1.29, 1.82) is 31.6 Å². The van der Waals surface area contributed by atoms with E-state index < -0.39 is 99.7 Å². The Morgan fingerprint density at radius 1 is 0.431 bits per heavy atom. The van der Waals surface area contributed by atoms with Crippen LogP contribution in [0.15, 0.2) is 73.3 Å². The fourth-order valence-electron chi connectivity index (χ4n) is 5.72. The minimum absolute atomic E-state index is 0.208. The molecule has 0 aromatic heterocycles. The van der Waals surface area contributed by atoms with Crippen molar-refractivity contribution in [2.75, 3.05) is 46.2 Å². The number of rotatable bonds is 33. The average Bonchev–Trinajstić information content (AvgIpc) is 3.30. The second-order valence-electron chi connectivity index (χ2n) is 13.1. The fraction of sp³-hybridized carbons (Fsp3) is 0.512. The molecule has 65 heavy (non-hydrogen) atoms. The summed E-state index contributed by atoms with van der Waals surface area (Å²) in [4.78, 5) is 0.